The molecule has 2 heterocycles. The van der Waals surface area contributed by atoms with Crippen molar-refractivity contribution in [2.24, 2.45) is 5.92 Å². The third-order valence-corrected chi connectivity index (χ3v) is 3.89. The SMILES string of the molecule is CC(C)CN1C(=O)OC[C@H]1C(=O)NCCCN1CCOCC1. The van der Waals surface area contributed by atoms with Crippen LogP contribution in [0.2, 0.25) is 0 Å². The van der Waals surface area contributed by atoms with Crippen molar-refractivity contribution in [2.45, 2.75) is 26.3 Å². The van der Waals surface area contributed by atoms with E-state index in [1.165, 1.54) is 4.90 Å². The van der Waals surface area contributed by atoms with E-state index in [2.05, 4.69) is 10.2 Å². The van der Waals surface area contributed by atoms with E-state index in [-0.39, 0.29) is 18.6 Å². The molecule has 0 aromatic carbocycles. The maximum absolute atomic E-state index is 12.2. The van der Waals surface area contributed by atoms with Crippen LogP contribution in [0.25, 0.3) is 0 Å². The number of cyclic esters (lactones) is 1. The number of carbonyl (C=O) groups excluding carboxylic acids is 2. The Bertz CT molecular complexity index is 383. The van der Waals surface area contributed by atoms with Crippen LogP contribution in [0.15, 0.2) is 0 Å². The van der Waals surface area contributed by atoms with Crippen LogP contribution in [-0.4, -0.2) is 80.4 Å². The van der Waals surface area contributed by atoms with Gasteiger partial charge in [-0.3, -0.25) is 14.6 Å². The van der Waals surface area contributed by atoms with Crippen LogP contribution >= 0.6 is 0 Å². The Morgan fingerprint density at radius 1 is 1.36 bits per heavy atom. The monoisotopic (exact) mass is 313 g/mol. The van der Waals surface area contributed by atoms with Gasteiger partial charge in [-0.25, -0.2) is 4.79 Å². The summed E-state index contributed by atoms with van der Waals surface area (Å²) in [4.78, 5) is 27.7. The van der Waals surface area contributed by atoms with E-state index in [9.17, 15) is 9.59 Å². The molecule has 2 aliphatic rings. The Balaban J connectivity index is 1.68. The van der Waals surface area contributed by atoms with Gasteiger partial charge in [0.2, 0.25) is 5.91 Å². The molecule has 2 rings (SSSR count). The van der Waals surface area contributed by atoms with Gasteiger partial charge in [-0.2, -0.15) is 0 Å². The van der Waals surface area contributed by atoms with Crippen LogP contribution in [0.5, 0.6) is 0 Å². The predicted molar refractivity (Wildman–Crippen MR) is 81.6 cm³/mol. The molecule has 1 atom stereocenters. The molecule has 2 saturated heterocycles. The van der Waals surface area contributed by atoms with Crippen molar-refractivity contribution in [3.63, 3.8) is 0 Å². The lowest BCUT2D eigenvalue weighted by molar-refractivity contribution is -0.125. The van der Waals surface area contributed by atoms with Crippen LogP contribution in [-0.2, 0) is 14.3 Å². The summed E-state index contributed by atoms with van der Waals surface area (Å²) >= 11 is 0. The highest BCUT2D eigenvalue weighted by atomic mass is 16.6. The van der Waals surface area contributed by atoms with Crippen LogP contribution in [0.3, 0.4) is 0 Å². The largest absolute Gasteiger partial charge is 0.447 e. The lowest BCUT2D eigenvalue weighted by atomic mass is 10.1. The van der Waals surface area contributed by atoms with E-state index in [1.807, 2.05) is 13.8 Å². The molecule has 0 aromatic heterocycles. The van der Waals surface area contributed by atoms with Gasteiger partial charge in [0.05, 0.1) is 13.2 Å². The smallest absolute Gasteiger partial charge is 0.410 e. The molecule has 2 aliphatic heterocycles. The van der Waals surface area contributed by atoms with Crippen molar-refractivity contribution in [2.75, 3.05) is 52.5 Å². The second-order valence-corrected chi connectivity index (χ2v) is 6.24. The molecule has 7 heteroatoms. The average Bonchev–Trinajstić information content (AvgIpc) is 2.85. The van der Waals surface area contributed by atoms with E-state index in [0.29, 0.717) is 19.0 Å². The lowest BCUT2D eigenvalue weighted by Gasteiger charge is -2.26. The highest BCUT2D eigenvalue weighted by molar-refractivity contribution is 5.87. The van der Waals surface area contributed by atoms with Gasteiger partial charge in [-0.1, -0.05) is 13.8 Å². The van der Waals surface area contributed by atoms with Crippen molar-refractivity contribution in [3.8, 4) is 0 Å². The zero-order valence-electron chi connectivity index (χ0n) is 13.5. The van der Waals surface area contributed by atoms with E-state index in [0.717, 1.165) is 39.3 Å². The van der Waals surface area contributed by atoms with Crippen molar-refractivity contribution >= 4 is 12.0 Å². The Labute approximate surface area is 131 Å². The normalized spacial score (nSPS) is 23.0. The standard InChI is InChI=1S/C15H27N3O4/c1-12(2)10-18-13(11-22-15(18)20)14(19)16-4-3-5-17-6-8-21-9-7-17/h12-13H,3-11H2,1-2H3,(H,16,19)/t13-/m0/s1. The summed E-state index contributed by atoms with van der Waals surface area (Å²) in [6.07, 6.45) is 0.513. The maximum Gasteiger partial charge on any atom is 0.410 e. The molecule has 0 saturated carbocycles. The van der Waals surface area contributed by atoms with Gasteiger partial charge in [0.25, 0.3) is 0 Å². The van der Waals surface area contributed by atoms with Crippen LogP contribution < -0.4 is 5.32 Å². The van der Waals surface area contributed by atoms with Gasteiger partial charge >= 0.3 is 6.09 Å². The minimum atomic E-state index is -0.488. The fraction of sp³-hybridized carbons (Fsp3) is 0.867. The minimum absolute atomic E-state index is 0.117. The summed E-state index contributed by atoms with van der Waals surface area (Å²) < 4.78 is 10.3. The molecule has 126 valence electrons. The molecular formula is C15H27N3O4. The van der Waals surface area contributed by atoms with Gasteiger partial charge in [-0.15, -0.1) is 0 Å². The third kappa shape index (κ3) is 4.84. The van der Waals surface area contributed by atoms with Crippen molar-refractivity contribution in [3.05, 3.63) is 0 Å². The minimum Gasteiger partial charge on any atom is -0.447 e. The Morgan fingerprint density at radius 2 is 2.09 bits per heavy atom. The molecule has 0 aromatic rings. The first-order valence-electron chi connectivity index (χ1n) is 8.09. The topological polar surface area (TPSA) is 71.1 Å². The highest BCUT2D eigenvalue weighted by Gasteiger charge is 2.37. The van der Waals surface area contributed by atoms with Gasteiger partial charge in [0.15, 0.2) is 0 Å². The second-order valence-electron chi connectivity index (χ2n) is 6.24. The number of morpholine rings is 1. The molecule has 0 radical (unpaired) electrons. The van der Waals surface area contributed by atoms with E-state index >= 15 is 0 Å². The second kappa shape index (κ2) is 8.33. The summed E-state index contributed by atoms with van der Waals surface area (Å²) in [6, 6.07) is -0.488. The number of hydrogen-bond acceptors (Lipinski definition) is 5. The van der Waals surface area contributed by atoms with E-state index < -0.39 is 6.04 Å². The number of rotatable bonds is 7. The van der Waals surface area contributed by atoms with E-state index in [4.69, 9.17) is 9.47 Å². The Hall–Kier alpha value is -1.34. The number of carbonyl (C=O) groups is 2. The number of nitrogens with one attached hydrogen (secondary N) is 1. The molecule has 0 aliphatic carbocycles. The van der Waals surface area contributed by atoms with Gasteiger partial charge < -0.3 is 14.8 Å². The number of nitrogens with zero attached hydrogens (tertiary/aromatic N) is 2. The fourth-order valence-corrected chi connectivity index (χ4v) is 2.72. The van der Waals surface area contributed by atoms with E-state index in [1.54, 1.807) is 0 Å². The van der Waals surface area contributed by atoms with Crippen molar-refractivity contribution < 1.29 is 19.1 Å². The summed E-state index contributed by atoms with van der Waals surface area (Å²) in [5.41, 5.74) is 0. The molecule has 0 spiro atoms. The molecule has 2 fully saturated rings. The molecule has 1 N–H and O–H groups in total. The number of ether oxygens (including phenoxy) is 2. The molecule has 7 nitrogen and oxygen atoms in total. The summed E-state index contributed by atoms with van der Waals surface area (Å²) in [6.45, 7) is 9.81. The van der Waals surface area contributed by atoms with Crippen LogP contribution in [0.1, 0.15) is 20.3 Å². The zero-order valence-corrected chi connectivity index (χ0v) is 13.5. The average molecular weight is 313 g/mol. The van der Waals surface area contributed by atoms with Gasteiger partial charge in [0.1, 0.15) is 12.6 Å². The summed E-state index contributed by atoms with van der Waals surface area (Å²) in [5.74, 6) is 0.191. The zero-order chi connectivity index (χ0) is 15.9. The number of amides is 2. The van der Waals surface area contributed by atoms with Gasteiger partial charge in [0, 0.05) is 26.2 Å². The molecular weight excluding hydrogens is 286 g/mol. The van der Waals surface area contributed by atoms with Gasteiger partial charge in [-0.05, 0) is 18.9 Å². The molecule has 0 bridgehead atoms. The molecule has 22 heavy (non-hydrogen) atoms. The third-order valence-electron chi connectivity index (χ3n) is 3.89. The predicted octanol–water partition coefficient (Wildman–Crippen LogP) is 0.302. The highest BCUT2D eigenvalue weighted by Crippen LogP contribution is 2.14. The summed E-state index contributed by atoms with van der Waals surface area (Å²) in [5, 5.41) is 2.92. The Kier molecular flexibility index (Phi) is 6.45. The lowest BCUT2D eigenvalue weighted by Crippen LogP contribution is -2.47. The first-order chi connectivity index (χ1) is 10.6. The molecule has 2 amide bonds. The first kappa shape index (κ1) is 17.0. The van der Waals surface area contributed by atoms with Crippen LogP contribution in [0, 0.1) is 5.92 Å². The fourth-order valence-electron chi connectivity index (χ4n) is 2.72. The first-order valence-corrected chi connectivity index (χ1v) is 8.09. The molecule has 0 unspecified atom stereocenters. The Morgan fingerprint density at radius 3 is 2.77 bits per heavy atom. The van der Waals surface area contributed by atoms with Crippen LogP contribution in [0.4, 0.5) is 4.79 Å². The number of hydrogen-bond donors (Lipinski definition) is 1. The maximum atomic E-state index is 12.2. The van der Waals surface area contributed by atoms with Crippen molar-refractivity contribution in [1.29, 1.82) is 0 Å². The summed E-state index contributed by atoms with van der Waals surface area (Å²) in [7, 11) is 0. The quantitative estimate of drug-likeness (QED) is 0.685. The van der Waals surface area contributed by atoms with Crippen molar-refractivity contribution in [1.82, 2.24) is 15.1 Å².